The summed E-state index contributed by atoms with van der Waals surface area (Å²) >= 11 is 0. The molecule has 0 unspecified atom stereocenters. The third-order valence-electron chi connectivity index (χ3n) is 2.60. The lowest BCUT2D eigenvalue weighted by atomic mass is 10.2. The number of aryl methyl sites for hydroxylation is 1. The van der Waals surface area contributed by atoms with Crippen LogP contribution in [0.3, 0.4) is 0 Å². The van der Waals surface area contributed by atoms with Gasteiger partial charge in [0, 0.05) is 20.2 Å². The normalized spacial score (nSPS) is 11.9. The van der Waals surface area contributed by atoms with E-state index in [0.29, 0.717) is 19.4 Å². The van der Waals surface area contributed by atoms with Crippen LogP contribution < -0.4 is 0 Å². The van der Waals surface area contributed by atoms with Gasteiger partial charge in [0.1, 0.15) is 0 Å². The maximum atomic E-state index is 11.9. The van der Waals surface area contributed by atoms with Gasteiger partial charge < -0.3 is 5.11 Å². The minimum absolute atomic E-state index is 0.0124. The summed E-state index contributed by atoms with van der Waals surface area (Å²) in [5, 5.41) is 8.67. The topological polar surface area (TPSA) is 57.6 Å². The Morgan fingerprint density at radius 3 is 2.47 bits per heavy atom. The zero-order chi connectivity index (χ0) is 12.7. The monoisotopic (exact) mass is 257 g/mol. The van der Waals surface area contributed by atoms with Gasteiger partial charge in [0.05, 0.1) is 5.75 Å². The predicted molar refractivity (Wildman–Crippen MR) is 68.3 cm³/mol. The molecule has 0 spiro atoms. The van der Waals surface area contributed by atoms with Crippen LogP contribution in [-0.4, -0.2) is 43.8 Å². The lowest BCUT2D eigenvalue weighted by Gasteiger charge is -2.16. The quantitative estimate of drug-likeness (QED) is 0.788. The first-order valence-electron chi connectivity index (χ1n) is 5.65. The number of rotatable bonds is 7. The highest BCUT2D eigenvalue weighted by molar-refractivity contribution is 7.89. The molecular weight excluding hydrogens is 238 g/mol. The smallest absolute Gasteiger partial charge is 0.214 e. The fourth-order valence-electron chi connectivity index (χ4n) is 1.48. The second-order valence-electron chi connectivity index (χ2n) is 3.95. The molecule has 17 heavy (non-hydrogen) atoms. The largest absolute Gasteiger partial charge is 0.396 e. The van der Waals surface area contributed by atoms with Crippen LogP contribution in [0.25, 0.3) is 0 Å². The summed E-state index contributed by atoms with van der Waals surface area (Å²) in [5.41, 5.74) is 1.02. The Bertz CT molecular complexity index is 417. The van der Waals surface area contributed by atoms with E-state index >= 15 is 0 Å². The summed E-state index contributed by atoms with van der Waals surface area (Å²) in [4.78, 5) is 0. The molecule has 0 aliphatic carbocycles. The van der Waals surface area contributed by atoms with Crippen LogP contribution in [0.2, 0.25) is 0 Å². The van der Waals surface area contributed by atoms with Gasteiger partial charge in [-0.3, -0.25) is 0 Å². The van der Waals surface area contributed by atoms with Gasteiger partial charge in [0.2, 0.25) is 10.0 Å². The minimum Gasteiger partial charge on any atom is -0.396 e. The third-order valence-corrected chi connectivity index (χ3v) is 4.45. The number of hydrogen-bond acceptors (Lipinski definition) is 3. The molecule has 0 heterocycles. The van der Waals surface area contributed by atoms with Gasteiger partial charge in [-0.2, -0.15) is 0 Å². The molecule has 4 nitrogen and oxygen atoms in total. The van der Waals surface area contributed by atoms with Crippen molar-refractivity contribution >= 4 is 10.0 Å². The standard InChI is InChI=1S/C12H19NO3S/c1-13(9-5-10-14)17(15,16)11-8-12-6-3-2-4-7-12/h2-4,6-7,14H,5,8-11H2,1H3. The molecule has 0 atom stereocenters. The molecule has 0 saturated carbocycles. The van der Waals surface area contributed by atoms with Crippen LogP contribution in [0.5, 0.6) is 0 Å². The highest BCUT2D eigenvalue weighted by Crippen LogP contribution is 2.05. The molecule has 0 bridgehead atoms. The maximum Gasteiger partial charge on any atom is 0.214 e. The molecule has 96 valence electrons. The van der Waals surface area contributed by atoms with E-state index in [1.165, 1.54) is 4.31 Å². The summed E-state index contributed by atoms with van der Waals surface area (Å²) < 4.78 is 25.0. The summed E-state index contributed by atoms with van der Waals surface area (Å²) in [6.45, 7) is 0.381. The van der Waals surface area contributed by atoms with Crippen molar-refractivity contribution in [1.82, 2.24) is 4.31 Å². The Hall–Kier alpha value is -0.910. The first-order chi connectivity index (χ1) is 8.06. The summed E-state index contributed by atoms with van der Waals surface area (Å²) in [5.74, 6) is 0.110. The molecule has 0 fully saturated rings. The van der Waals surface area contributed by atoms with E-state index in [4.69, 9.17) is 5.11 Å². The van der Waals surface area contributed by atoms with E-state index in [2.05, 4.69) is 0 Å². The van der Waals surface area contributed by atoms with Crippen LogP contribution in [0.15, 0.2) is 30.3 Å². The SMILES string of the molecule is CN(CCCO)S(=O)(=O)CCc1ccccc1. The Kier molecular flexibility index (Phi) is 5.61. The highest BCUT2D eigenvalue weighted by Gasteiger charge is 2.16. The maximum absolute atomic E-state index is 11.9. The Labute approximate surface area is 103 Å². The number of hydrogen-bond donors (Lipinski definition) is 1. The van der Waals surface area contributed by atoms with Crippen molar-refractivity contribution in [2.45, 2.75) is 12.8 Å². The van der Waals surface area contributed by atoms with E-state index in [9.17, 15) is 8.42 Å². The molecule has 0 saturated heterocycles. The van der Waals surface area contributed by atoms with Gasteiger partial charge in [-0.15, -0.1) is 0 Å². The van der Waals surface area contributed by atoms with Crippen LogP contribution >= 0.6 is 0 Å². The van der Waals surface area contributed by atoms with E-state index in [1.54, 1.807) is 7.05 Å². The van der Waals surface area contributed by atoms with Gasteiger partial charge >= 0.3 is 0 Å². The lowest BCUT2D eigenvalue weighted by molar-refractivity contribution is 0.275. The van der Waals surface area contributed by atoms with Crippen molar-refractivity contribution in [2.75, 3.05) is 26.0 Å². The molecule has 5 heteroatoms. The molecule has 0 amide bonds. The van der Waals surface area contributed by atoms with E-state index < -0.39 is 10.0 Å². The van der Waals surface area contributed by atoms with Crippen molar-refractivity contribution in [3.8, 4) is 0 Å². The average molecular weight is 257 g/mol. The van der Waals surface area contributed by atoms with Gasteiger partial charge in [-0.25, -0.2) is 12.7 Å². The van der Waals surface area contributed by atoms with E-state index in [0.717, 1.165) is 5.56 Å². The van der Waals surface area contributed by atoms with Crippen LogP contribution in [0, 0.1) is 0 Å². The first kappa shape index (κ1) is 14.2. The fourth-order valence-corrected chi connectivity index (χ4v) is 2.69. The Morgan fingerprint density at radius 1 is 1.24 bits per heavy atom. The molecule has 1 N–H and O–H groups in total. The minimum atomic E-state index is -3.21. The van der Waals surface area contributed by atoms with Crippen molar-refractivity contribution in [1.29, 1.82) is 0 Å². The predicted octanol–water partition coefficient (Wildman–Crippen LogP) is 0.873. The second-order valence-corrected chi connectivity index (χ2v) is 6.15. The third kappa shape index (κ3) is 4.85. The highest BCUT2D eigenvalue weighted by atomic mass is 32.2. The van der Waals surface area contributed by atoms with E-state index in [1.807, 2.05) is 30.3 Å². The van der Waals surface area contributed by atoms with Gasteiger partial charge in [0.15, 0.2) is 0 Å². The Morgan fingerprint density at radius 2 is 1.88 bits per heavy atom. The molecule has 1 aromatic rings. The molecular formula is C12H19NO3S. The number of sulfonamides is 1. The Balaban J connectivity index is 2.50. The molecule has 1 aromatic carbocycles. The molecule has 0 aliphatic heterocycles. The molecule has 1 rings (SSSR count). The number of nitrogens with zero attached hydrogens (tertiary/aromatic N) is 1. The van der Waals surface area contributed by atoms with Gasteiger partial charge in [-0.1, -0.05) is 30.3 Å². The van der Waals surface area contributed by atoms with Crippen molar-refractivity contribution < 1.29 is 13.5 Å². The van der Waals surface area contributed by atoms with Gasteiger partial charge in [0.25, 0.3) is 0 Å². The molecule has 0 aromatic heterocycles. The second kappa shape index (κ2) is 6.74. The van der Waals surface area contributed by atoms with E-state index in [-0.39, 0.29) is 12.4 Å². The zero-order valence-corrected chi connectivity index (χ0v) is 10.9. The number of aliphatic hydroxyl groups excluding tert-OH is 1. The average Bonchev–Trinajstić information content (AvgIpc) is 2.35. The first-order valence-corrected chi connectivity index (χ1v) is 7.26. The summed E-state index contributed by atoms with van der Waals surface area (Å²) in [6, 6.07) is 9.55. The number of aliphatic hydroxyl groups is 1. The molecule has 0 aliphatic rings. The zero-order valence-electron chi connectivity index (χ0n) is 10.0. The molecule has 0 radical (unpaired) electrons. The van der Waals surface area contributed by atoms with Crippen molar-refractivity contribution in [3.05, 3.63) is 35.9 Å². The van der Waals surface area contributed by atoms with Crippen LogP contribution in [0.4, 0.5) is 0 Å². The summed E-state index contributed by atoms with van der Waals surface area (Å²) in [7, 11) is -1.66. The summed E-state index contributed by atoms with van der Waals surface area (Å²) in [6.07, 6.45) is 0.994. The van der Waals surface area contributed by atoms with Crippen LogP contribution in [0.1, 0.15) is 12.0 Å². The fraction of sp³-hybridized carbons (Fsp3) is 0.500. The van der Waals surface area contributed by atoms with Crippen molar-refractivity contribution in [3.63, 3.8) is 0 Å². The lowest BCUT2D eigenvalue weighted by Crippen LogP contribution is -2.31. The van der Waals surface area contributed by atoms with Gasteiger partial charge in [-0.05, 0) is 18.4 Å². The van der Waals surface area contributed by atoms with Crippen LogP contribution in [-0.2, 0) is 16.4 Å². The number of benzene rings is 1. The van der Waals surface area contributed by atoms with Crippen molar-refractivity contribution in [2.24, 2.45) is 0 Å².